The summed E-state index contributed by atoms with van der Waals surface area (Å²) in [6, 6.07) is 7.87. The standard InChI is InChI=1S/C16H17NO3/c1-3-20-16(18)7-5-4-6-13-10-12-11-14(19-2)8-9-15(12)17-13/h4-11,17H,3H2,1-2H3/b6-4+,7-5+. The number of benzene rings is 1. The van der Waals surface area contributed by atoms with Gasteiger partial charge in [0.25, 0.3) is 0 Å². The van der Waals surface area contributed by atoms with E-state index in [2.05, 4.69) is 4.98 Å². The molecule has 0 saturated heterocycles. The minimum Gasteiger partial charge on any atom is -0.497 e. The molecule has 0 fully saturated rings. The molecule has 0 saturated carbocycles. The van der Waals surface area contributed by atoms with Crippen LogP contribution in [-0.2, 0) is 9.53 Å². The number of methoxy groups -OCH3 is 1. The van der Waals surface area contributed by atoms with E-state index < -0.39 is 0 Å². The van der Waals surface area contributed by atoms with E-state index in [0.717, 1.165) is 22.3 Å². The predicted molar refractivity (Wildman–Crippen MR) is 79.7 cm³/mol. The third-order valence-electron chi connectivity index (χ3n) is 2.75. The highest BCUT2D eigenvalue weighted by molar-refractivity contribution is 5.84. The van der Waals surface area contributed by atoms with Gasteiger partial charge in [-0.1, -0.05) is 12.2 Å². The maximum atomic E-state index is 11.1. The summed E-state index contributed by atoms with van der Waals surface area (Å²) in [5.41, 5.74) is 2.00. The lowest BCUT2D eigenvalue weighted by Crippen LogP contribution is -1.98. The zero-order chi connectivity index (χ0) is 14.4. The first-order valence-corrected chi connectivity index (χ1v) is 6.41. The minimum atomic E-state index is -0.335. The number of fused-ring (bicyclic) bond motifs is 1. The predicted octanol–water partition coefficient (Wildman–Crippen LogP) is 3.31. The molecule has 2 aromatic rings. The van der Waals surface area contributed by atoms with Crippen molar-refractivity contribution in [3.05, 3.63) is 48.2 Å². The lowest BCUT2D eigenvalue weighted by molar-refractivity contribution is -0.137. The fourth-order valence-corrected chi connectivity index (χ4v) is 1.83. The van der Waals surface area contributed by atoms with Crippen LogP contribution in [0, 0.1) is 0 Å². The van der Waals surface area contributed by atoms with Crippen LogP contribution in [0.2, 0.25) is 0 Å². The van der Waals surface area contributed by atoms with E-state index in [-0.39, 0.29) is 5.97 Å². The van der Waals surface area contributed by atoms with Crippen LogP contribution in [0.4, 0.5) is 0 Å². The van der Waals surface area contributed by atoms with E-state index in [4.69, 9.17) is 9.47 Å². The number of esters is 1. The second-order valence-corrected chi connectivity index (χ2v) is 4.15. The van der Waals surface area contributed by atoms with Crippen LogP contribution >= 0.6 is 0 Å². The van der Waals surface area contributed by atoms with Crippen LogP contribution in [0.3, 0.4) is 0 Å². The quantitative estimate of drug-likeness (QED) is 0.515. The van der Waals surface area contributed by atoms with Crippen molar-refractivity contribution in [2.75, 3.05) is 13.7 Å². The molecule has 0 unspecified atom stereocenters. The van der Waals surface area contributed by atoms with Gasteiger partial charge in [-0.05, 0) is 37.3 Å². The minimum absolute atomic E-state index is 0.335. The number of hydrogen-bond acceptors (Lipinski definition) is 3. The Balaban J connectivity index is 2.08. The molecule has 1 heterocycles. The summed E-state index contributed by atoms with van der Waals surface area (Å²) in [7, 11) is 1.65. The van der Waals surface area contributed by atoms with Crippen LogP contribution in [0.15, 0.2) is 42.5 Å². The van der Waals surface area contributed by atoms with Gasteiger partial charge in [-0.3, -0.25) is 0 Å². The molecule has 0 aliphatic heterocycles. The zero-order valence-corrected chi connectivity index (χ0v) is 11.6. The van der Waals surface area contributed by atoms with Crippen molar-refractivity contribution >= 4 is 22.9 Å². The number of ether oxygens (including phenoxy) is 2. The highest BCUT2D eigenvalue weighted by atomic mass is 16.5. The van der Waals surface area contributed by atoms with Gasteiger partial charge in [-0.2, -0.15) is 0 Å². The third kappa shape index (κ3) is 3.51. The Morgan fingerprint density at radius 3 is 2.90 bits per heavy atom. The molecule has 0 aliphatic carbocycles. The first-order valence-electron chi connectivity index (χ1n) is 6.41. The molecule has 0 bridgehead atoms. The Morgan fingerprint density at radius 1 is 1.30 bits per heavy atom. The summed E-state index contributed by atoms with van der Waals surface area (Å²) in [4.78, 5) is 14.4. The number of carbonyl (C=O) groups is 1. The second kappa shape index (κ2) is 6.61. The smallest absolute Gasteiger partial charge is 0.330 e. The normalized spacial score (nSPS) is 11.5. The zero-order valence-electron chi connectivity index (χ0n) is 11.6. The molecule has 0 radical (unpaired) electrons. The highest BCUT2D eigenvalue weighted by Crippen LogP contribution is 2.21. The molecular weight excluding hydrogens is 254 g/mol. The molecule has 1 N–H and O–H groups in total. The van der Waals surface area contributed by atoms with Crippen LogP contribution in [-0.4, -0.2) is 24.7 Å². The number of nitrogens with one attached hydrogen (secondary N) is 1. The van der Waals surface area contributed by atoms with Crippen LogP contribution in [0.1, 0.15) is 12.6 Å². The van der Waals surface area contributed by atoms with Crippen molar-refractivity contribution in [3.63, 3.8) is 0 Å². The van der Waals surface area contributed by atoms with Crippen LogP contribution in [0.5, 0.6) is 5.75 Å². The van der Waals surface area contributed by atoms with Crippen LogP contribution < -0.4 is 4.74 Å². The van der Waals surface area contributed by atoms with E-state index >= 15 is 0 Å². The number of rotatable bonds is 5. The average molecular weight is 271 g/mol. The lowest BCUT2D eigenvalue weighted by atomic mass is 10.2. The van der Waals surface area contributed by atoms with Crippen LogP contribution in [0.25, 0.3) is 17.0 Å². The van der Waals surface area contributed by atoms with Crippen molar-refractivity contribution < 1.29 is 14.3 Å². The molecule has 1 aromatic heterocycles. The van der Waals surface area contributed by atoms with Crippen molar-refractivity contribution in [2.24, 2.45) is 0 Å². The first kappa shape index (κ1) is 13.9. The Labute approximate surface area is 117 Å². The molecule has 20 heavy (non-hydrogen) atoms. The van der Waals surface area contributed by atoms with E-state index in [0.29, 0.717) is 6.61 Å². The van der Waals surface area contributed by atoms with E-state index in [1.54, 1.807) is 26.2 Å². The van der Waals surface area contributed by atoms with Gasteiger partial charge in [0.15, 0.2) is 0 Å². The lowest BCUT2D eigenvalue weighted by Gasteiger charge is -1.97. The van der Waals surface area contributed by atoms with Gasteiger partial charge in [0.2, 0.25) is 0 Å². The Morgan fingerprint density at radius 2 is 2.15 bits per heavy atom. The molecular formula is C16H17NO3. The van der Waals surface area contributed by atoms with Crippen molar-refractivity contribution in [3.8, 4) is 5.75 Å². The van der Waals surface area contributed by atoms with Gasteiger partial charge in [-0.15, -0.1) is 0 Å². The Bertz CT molecular complexity index is 653. The average Bonchev–Trinajstić information content (AvgIpc) is 2.85. The van der Waals surface area contributed by atoms with Crippen molar-refractivity contribution in [1.82, 2.24) is 4.98 Å². The molecule has 0 amide bonds. The maximum Gasteiger partial charge on any atom is 0.330 e. The summed E-state index contributed by atoms with van der Waals surface area (Å²) < 4.78 is 9.97. The third-order valence-corrected chi connectivity index (χ3v) is 2.75. The molecule has 0 spiro atoms. The van der Waals surface area contributed by atoms with E-state index in [1.807, 2.05) is 30.3 Å². The molecule has 4 heteroatoms. The number of allylic oxidation sites excluding steroid dienone is 2. The SMILES string of the molecule is CCOC(=O)/C=C/C=C/c1cc2cc(OC)ccc2[nH]1. The van der Waals surface area contributed by atoms with Gasteiger partial charge < -0.3 is 14.5 Å². The Hall–Kier alpha value is -2.49. The maximum absolute atomic E-state index is 11.1. The van der Waals surface area contributed by atoms with Gasteiger partial charge in [0, 0.05) is 22.7 Å². The summed E-state index contributed by atoms with van der Waals surface area (Å²) in [6.45, 7) is 2.16. The second-order valence-electron chi connectivity index (χ2n) is 4.15. The number of carbonyl (C=O) groups excluding carboxylic acids is 1. The van der Waals surface area contributed by atoms with Gasteiger partial charge in [-0.25, -0.2) is 4.79 Å². The number of H-pyrrole nitrogens is 1. The van der Waals surface area contributed by atoms with E-state index in [9.17, 15) is 4.79 Å². The van der Waals surface area contributed by atoms with Crippen molar-refractivity contribution in [2.45, 2.75) is 6.92 Å². The van der Waals surface area contributed by atoms with E-state index in [1.165, 1.54) is 6.08 Å². The fraction of sp³-hybridized carbons (Fsp3) is 0.188. The summed E-state index contributed by atoms with van der Waals surface area (Å²) in [6.07, 6.45) is 6.73. The molecule has 4 nitrogen and oxygen atoms in total. The summed E-state index contributed by atoms with van der Waals surface area (Å²) in [5.74, 6) is 0.493. The summed E-state index contributed by atoms with van der Waals surface area (Å²) >= 11 is 0. The van der Waals surface area contributed by atoms with Gasteiger partial charge in [0.05, 0.1) is 13.7 Å². The number of aromatic nitrogens is 1. The topological polar surface area (TPSA) is 51.3 Å². The van der Waals surface area contributed by atoms with Crippen molar-refractivity contribution in [1.29, 1.82) is 0 Å². The Kier molecular flexibility index (Phi) is 4.60. The highest BCUT2D eigenvalue weighted by Gasteiger charge is 1.99. The van der Waals surface area contributed by atoms with Gasteiger partial charge in [0.1, 0.15) is 5.75 Å². The molecule has 1 aromatic carbocycles. The number of hydrogen-bond donors (Lipinski definition) is 1. The largest absolute Gasteiger partial charge is 0.497 e. The first-order chi connectivity index (χ1) is 9.72. The van der Waals surface area contributed by atoms with Gasteiger partial charge >= 0.3 is 5.97 Å². The molecule has 2 rings (SSSR count). The summed E-state index contributed by atoms with van der Waals surface area (Å²) in [5, 5.41) is 1.08. The number of aromatic amines is 1. The molecule has 0 aliphatic rings. The fourth-order valence-electron chi connectivity index (χ4n) is 1.83. The monoisotopic (exact) mass is 271 g/mol. The molecule has 0 atom stereocenters. The molecule has 104 valence electrons.